The molecule has 186 valence electrons. The number of esters is 1. The Morgan fingerprint density at radius 1 is 0.906 bits per heavy atom. The number of ether oxygens (including phenoxy) is 5. The van der Waals surface area contributed by atoms with Gasteiger partial charge in [0.1, 0.15) is 24.9 Å². The van der Waals surface area contributed by atoms with Gasteiger partial charge in [-0.15, -0.1) is 0 Å². The lowest BCUT2D eigenvalue weighted by atomic mass is 10.1. The van der Waals surface area contributed by atoms with Crippen LogP contribution in [-0.2, 0) is 38.1 Å². The average molecular weight is 465 g/mol. The Labute approximate surface area is 188 Å². The van der Waals surface area contributed by atoms with Gasteiger partial charge in [-0.2, -0.15) is 0 Å². The van der Waals surface area contributed by atoms with Crippen molar-refractivity contribution in [3.8, 4) is 0 Å². The van der Waals surface area contributed by atoms with Crippen molar-refractivity contribution in [2.75, 3.05) is 53.3 Å². The lowest BCUT2D eigenvalue weighted by molar-refractivity contribution is -0.144. The van der Waals surface area contributed by atoms with Gasteiger partial charge in [-0.1, -0.05) is 0 Å². The number of aliphatic carboxylic acids is 1. The summed E-state index contributed by atoms with van der Waals surface area (Å²) in [7, 11) is 1.24. The number of amides is 2. The normalized spacial score (nSPS) is 12.0. The van der Waals surface area contributed by atoms with Gasteiger partial charge in [0.2, 0.25) is 5.91 Å². The maximum Gasteiger partial charge on any atom is 0.408 e. The van der Waals surface area contributed by atoms with E-state index in [0.717, 1.165) is 0 Å². The monoisotopic (exact) mass is 464 g/mol. The summed E-state index contributed by atoms with van der Waals surface area (Å²) < 4.78 is 25.0. The molecule has 0 saturated heterocycles. The number of methoxy groups -OCH3 is 1. The van der Waals surface area contributed by atoms with Gasteiger partial charge in [0.05, 0.1) is 33.5 Å². The van der Waals surface area contributed by atoms with Crippen LogP contribution < -0.4 is 10.6 Å². The summed E-state index contributed by atoms with van der Waals surface area (Å²) >= 11 is 0. The fourth-order valence-corrected chi connectivity index (χ4v) is 2.26. The van der Waals surface area contributed by atoms with E-state index in [2.05, 4.69) is 10.6 Å². The Kier molecular flexibility index (Phi) is 15.8. The molecule has 0 heterocycles. The maximum atomic E-state index is 11.9. The molecule has 0 aliphatic carbocycles. The van der Waals surface area contributed by atoms with E-state index in [1.165, 1.54) is 7.11 Å². The summed E-state index contributed by atoms with van der Waals surface area (Å²) in [4.78, 5) is 45.6. The number of carboxylic acid groups (broad SMARTS) is 1. The SMILES string of the molecule is COC(=O)[C@H](CCCCNC(=O)COCCOCCOCC(=O)O)NC(=O)OC(C)(C)C. The van der Waals surface area contributed by atoms with Gasteiger partial charge in [0, 0.05) is 6.54 Å². The van der Waals surface area contributed by atoms with Crippen molar-refractivity contribution in [2.24, 2.45) is 0 Å². The molecule has 3 N–H and O–H groups in total. The smallest absolute Gasteiger partial charge is 0.408 e. The highest BCUT2D eigenvalue weighted by molar-refractivity contribution is 5.81. The average Bonchev–Trinajstić information content (AvgIpc) is 2.69. The lowest BCUT2D eigenvalue weighted by Crippen LogP contribution is -2.44. The van der Waals surface area contributed by atoms with Gasteiger partial charge in [-0.05, 0) is 40.0 Å². The van der Waals surface area contributed by atoms with Crippen LogP contribution in [0.1, 0.15) is 40.0 Å². The van der Waals surface area contributed by atoms with Gasteiger partial charge in [0.15, 0.2) is 0 Å². The van der Waals surface area contributed by atoms with E-state index >= 15 is 0 Å². The van der Waals surface area contributed by atoms with Crippen LogP contribution in [0.4, 0.5) is 4.79 Å². The molecular formula is C20H36N2O10. The van der Waals surface area contributed by atoms with E-state index in [0.29, 0.717) is 25.8 Å². The Morgan fingerprint density at radius 2 is 1.50 bits per heavy atom. The standard InChI is InChI=1S/C20H36N2O10/c1-20(2,3)32-19(27)22-15(18(26)28-4)7-5-6-8-21-16(23)13-30-11-9-29-10-12-31-14-17(24)25/h15H,5-14H2,1-4H3,(H,21,23)(H,22,27)(H,24,25)/t15-/m0/s1. The van der Waals surface area contributed by atoms with Crippen LogP contribution in [0.2, 0.25) is 0 Å². The summed E-state index contributed by atoms with van der Waals surface area (Å²) in [6.45, 7) is 5.92. The van der Waals surface area contributed by atoms with E-state index in [1.807, 2.05) is 0 Å². The first-order chi connectivity index (χ1) is 15.0. The second kappa shape index (κ2) is 17.2. The van der Waals surface area contributed by atoms with Crippen molar-refractivity contribution in [3.63, 3.8) is 0 Å². The highest BCUT2D eigenvalue weighted by Gasteiger charge is 2.24. The molecule has 32 heavy (non-hydrogen) atoms. The van der Waals surface area contributed by atoms with E-state index in [1.54, 1.807) is 20.8 Å². The highest BCUT2D eigenvalue weighted by atomic mass is 16.6. The summed E-state index contributed by atoms with van der Waals surface area (Å²) in [5, 5.41) is 13.6. The van der Waals surface area contributed by atoms with Crippen LogP contribution in [-0.4, -0.2) is 94.0 Å². The van der Waals surface area contributed by atoms with Crippen molar-refractivity contribution in [1.29, 1.82) is 0 Å². The third kappa shape index (κ3) is 18.3. The first-order valence-corrected chi connectivity index (χ1v) is 10.3. The molecule has 12 nitrogen and oxygen atoms in total. The molecule has 0 aromatic heterocycles. The fraction of sp³-hybridized carbons (Fsp3) is 0.800. The molecule has 12 heteroatoms. The van der Waals surface area contributed by atoms with Crippen LogP contribution in [0.3, 0.4) is 0 Å². The Morgan fingerprint density at radius 3 is 2.06 bits per heavy atom. The van der Waals surface area contributed by atoms with Gasteiger partial charge < -0.3 is 39.4 Å². The van der Waals surface area contributed by atoms with Crippen LogP contribution in [0.25, 0.3) is 0 Å². The van der Waals surface area contributed by atoms with Gasteiger partial charge in [0.25, 0.3) is 0 Å². The number of hydrogen-bond acceptors (Lipinski definition) is 9. The predicted molar refractivity (Wildman–Crippen MR) is 112 cm³/mol. The lowest BCUT2D eigenvalue weighted by Gasteiger charge is -2.22. The minimum Gasteiger partial charge on any atom is -0.480 e. The molecule has 0 saturated carbocycles. The minimum absolute atomic E-state index is 0.121. The van der Waals surface area contributed by atoms with Crippen molar-refractivity contribution in [1.82, 2.24) is 10.6 Å². The Balaban J connectivity index is 3.83. The molecule has 0 aliphatic heterocycles. The summed E-state index contributed by atoms with van der Waals surface area (Å²) in [5.41, 5.74) is -0.681. The van der Waals surface area contributed by atoms with Crippen molar-refractivity contribution < 1.29 is 48.0 Å². The molecule has 0 aromatic carbocycles. The molecule has 0 spiro atoms. The summed E-state index contributed by atoms with van der Waals surface area (Å²) in [6, 6.07) is -0.830. The van der Waals surface area contributed by atoms with Crippen LogP contribution in [0.15, 0.2) is 0 Å². The molecule has 0 rings (SSSR count). The third-order valence-corrected chi connectivity index (χ3v) is 3.62. The Bertz CT molecular complexity index is 577. The van der Waals surface area contributed by atoms with Gasteiger partial charge in [-0.25, -0.2) is 14.4 Å². The number of carboxylic acids is 1. The zero-order valence-corrected chi connectivity index (χ0v) is 19.3. The topological polar surface area (TPSA) is 159 Å². The molecular weight excluding hydrogens is 428 g/mol. The number of carbonyl (C=O) groups excluding carboxylic acids is 3. The highest BCUT2D eigenvalue weighted by Crippen LogP contribution is 2.09. The van der Waals surface area contributed by atoms with E-state index < -0.39 is 29.7 Å². The molecule has 0 fully saturated rings. The van der Waals surface area contributed by atoms with Gasteiger partial charge >= 0.3 is 18.0 Å². The number of carbonyl (C=O) groups is 4. The minimum atomic E-state index is -1.04. The van der Waals surface area contributed by atoms with Crippen molar-refractivity contribution in [3.05, 3.63) is 0 Å². The zero-order chi connectivity index (χ0) is 24.4. The Hall–Kier alpha value is -2.44. The van der Waals surface area contributed by atoms with Crippen LogP contribution >= 0.6 is 0 Å². The van der Waals surface area contributed by atoms with E-state index in [-0.39, 0.29) is 45.5 Å². The largest absolute Gasteiger partial charge is 0.480 e. The summed E-state index contributed by atoms with van der Waals surface area (Å²) in [5.74, 6) is -1.89. The fourth-order valence-electron chi connectivity index (χ4n) is 2.26. The number of unbranched alkanes of at least 4 members (excludes halogenated alkanes) is 1. The quantitative estimate of drug-likeness (QED) is 0.204. The van der Waals surface area contributed by atoms with E-state index in [4.69, 9.17) is 28.8 Å². The first kappa shape index (κ1) is 29.6. The van der Waals surface area contributed by atoms with Crippen LogP contribution in [0, 0.1) is 0 Å². The molecule has 0 aromatic rings. The molecule has 0 aliphatic rings. The first-order valence-electron chi connectivity index (χ1n) is 10.3. The number of hydrogen-bond donors (Lipinski definition) is 3. The number of nitrogens with one attached hydrogen (secondary N) is 2. The third-order valence-electron chi connectivity index (χ3n) is 3.62. The zero-order valence-electron chi connectivity index (χ0n) is 19.3. The van der Waals surface area contributed by atoms with Crippen molar-refractivity contribution in [2.45, 2.75) is 51.7 Å². The summed E-state index contributed by atoms with van der Waals surface area (Å²) in [6.07, 6.45) is 0.796. The molecule has 2 amide bonds. The molecule has 0 radical (unpaired) electrons. The number of rotatable bonds is 17. The maximum absolute atomic E-state index is 11.9. The molecule has 0 unspecified atom stereocenters. The van der Waals surface area contributed by atoms with Crippen LogP contribution in [0.5, 0.6) is 0 Å². The second-order valence-electron chi connectivity index (χ2n) is 7.68. The molecule has 1 atom stereocenters. The van der Waals surface area contributed by atoms with Gasteiger partial charge in [-0.3, -0.25) is 4.79 Å². The molecule has 0 bridgehead atoms. The van der Waals surface area contributed by atoms with Crippen molar-refractivity contribution >= 4 is 23.9 Å². The van der Waals surface area contributed by atoms with E-state index in [9.17, 15) is 19.2 Å². The number of alkyl carbamates (subject to hydrolysis) is 1. The second-order valence-corrected chi connectivity index (χ2v) is 7.68. The predicted octanol–water partition coefficient (Wildman–Crippen LogP) is 0.474.